The molecule has 0 saturated heterocycles. The lowest BCUT2D eigenvalue weighted by molar-refractivity contribution is 0.399. The lowest BCUT2D eigenvalue weighted by Crippen LogP contribution is -2.38. The standard InChI is InChI=1S/C18H24BrNS/c1-18(2,3)20-13-15(9-10-17-8-5-11-21-17)14-6-4-7-16(19)12-14/h4-8,11-12,15,20H,9-10,13H2,1-3H3. The van der Waals surface area contributed by atoms with Crippen LogP contribution in [0.5, 0.6) is 0 Å². The Morgan fingerprint density at radius 1 is 1.19 bits per heavy atom. The Labute approximate surface area is 140 Å². The minimum atomic E-state index is 0.160. The monoisotopic (exact) mass is 365 g/mol. The molecule has 0 radical (unpaired) electrons. The molecule has 2 rings (SSSR count). The quantitative estimate of drug-likeness (QED) is 0.700. The molecule has 0 aliphatic heterocycles. The van der Waals surface area contributed by atoms with Crippen LogP contribution >= 0.6 is 27.3 Å². The molecule has 0 fully saturated rings. The Morgan fingerprint density at radius 2 is 2.00 bits per heavy atom. The van der Waals surface area contributed by atoms with Crippen molar-refractivity contribution in [3.63, 3.8) is 0 Å². The number of hydrogen-bond acceptors (Lipinski definition) is 2. The molecule has 3 heteroatoms. The van der Waals surface area contributed by atoms with Crippen molar-refractivity contribution in [1.82, 2.24) is 5.32 Å². The topological polar surface area (TPSA) is 12.0 Å². The first-order chi connectivity index (χ1) is 9.94. The highest BCUT2D eigenvalue weighted by atomic mass is 79.9. The molecule has 1 heterocycles. The van der Waals surface area contributed by atoms with E-state index in [0.29, 0.717) is 5.92 Å². The third-order valence-electron chi connectivity index (χ3n) is 3.52. The first-order valence-electron chi connectivity index (χ1n) is 7.47. The zero-order chi connectivity index (χ0) is 15.3. The Balaban J connectivity index is 2.06. The Morgan fingerprint density at radius 3 is 2.62 bits per heavy atom. The predicted octanol–water partition coefficient (Wildman–Crippen LogP) is 5.62. The lowest BCUT2D eigenvalue weighted by atomic mass is 9.93. The van der Waals surface area contributed by atoms with Crippen LogP contribution in [0.25, 0.3) is 0 Å². The molecule has 1 unspecified atom stereocenters. The molecule has 0 saturated carbocycles. The highest BCUT2D eigenvalue weighted by Crippen LogP contribution is 2.25. The van der Waals surface area contributed by atoms with Gasteiger partial charge >= 0.3 is 0 Å². The number of thiophene rings is 1. The van der Waals surface area contributed by atoms with Crippen LogP contribution in [0.3, 0.4) is 0 Å². The van der Waals surface area contributed by atoms with E-state index in [0.717, 1.165) is 17.4 Å². The molecule has 1 nitrogen and oxygen atoms in total. The Hall–Kier alpha value is -0.640. The molecule has 1 aromatic heterocycles. The van der Waals surface area contributed by atoms with Gasteiger partial charge in [-0.1, -0.05) is 34.1 Å². The number of benzene rings is 1. The molecule has 0 amide bonds. The molecule has 1 N–H and O–H groups in total. The van der Waals surface area contributed by atoms with E-state index in [-0.39, 0.29) is 5.54 Å². The van der Waals surface area contributed by atoms with Crippen molar-refractivity contribution in [2.75, 3.05) is 6.54 Å². The van der Waals surface area contributed by atoms with Gasteiger partial charge in [0.2, 0.25) is 0 Å². The van der Waals surface area contributed by atoms with E-state index >= 15 is 0 Å². The van der Waals surface area contributed by atoms with Crippen molar-refractivity contribution in [3.8, 4) is 0 Å². The summed E-state index contributed by atoms with van der Waals surface area (Å²) in [6, 6.07) is 13.1. The lowest BCUT2D eigenvalue weighted by Gasteiger charge is -2.26. The maximum Gasteiger partial charge on any atom is 0.0178 e. The van der Waals surface area contributed by atoms with Crippen LogP contribution in [-0.2, 0) is 6.42 Å². The van der Waals surface area contributed by atoms with Gasteiger partial charge in [-0.2, -0.15) is 0 Å². The highest BCUT2D eigenvalue weighted by Gasteiger charge is 2.16. The fourth-order valence-corrected chi connectivity index (χ4v) is 3.49. The van der Waals surface area contributed by atoms with Gasteiger partial charge in [-0.15, -0.1) is 11.3 Å². The van der Waals surface area contributed by atoms with Crippen molar-refractivity contribution in [2.45, 2.75) is 45.1 Å². The second kappa shape index (κ2) is 7.57. The van der Waals surface area contributed by atoms with E-state index in [1.165, 1.54) is 16.9 Å². The van der Waals surface area contributed by atoms with E-state index < -0.39 is 0 Å². The molecule has 0 bridgehead atoms. The largest absolute Gasteiger partial charge is 0.311 e. The Bertz CT molecular complexity index is 543. The van der Waals surface area contributed by atoms with Gasteiger partial charge in [-0.25, -0.2) is 0 Å². The minimum absolute atomic E-state index is 0.160. The fraction of sp³-hybridized carbons (Fsp3) is 0.444. The molecule has 21 heavy (non-hydrogen) atoms. The van der Waals surface area contributed by atoms with Gasteiger partial charge < -0.3 is 5.32 Å². The number of hydrogen-bond donors (Lipinski definition) is 1. The fourth-order valence-electron chi connectivity index (χ4n) is 2.35. The molecule has 0 spiro atoms. The van der Waals surface area contributed by atoms with Crippen LogP contribution in [0.2, 0.25) is 0 Å². The van der Waals surface area contributed by atoms with E-state index in [1.807, 2.05) is 11.3 Å². The van der Waals surface area contributed by atoms with Gasteiger partial charge in [0, 0.05) is 21.4 Å². The highest BCUT2D eigenvalue weighted by molar-refractivity contribution is 9.10. The van der Waals surface area contributed by atoms with Crippen LogP contribution in [0.4, 0.5) is 0 Å². The summed E-state index contributed by atoms with van der Waals surface area (Å²) in [6.07, 6.45) is 2.33. The molecule has 0 aliphatic carbocycles. The van der Waals surface area contributed by atoms with Gasteiger partial charge in [0.05, 0.1) is 0 Å². The third-order valence-corrected chi connectivity index (χ3v) is 4.95. The van der Waals surface area contributed by atoms with Crippen LogP contribution in [0.15, 0.2) is 46.3 Å². The minimum Gasteiger partial charge on any atom is -0.311 e. The van der Waals surface area contributed by atoms with Crippen molar-refractivity contribution < 1.29 is 0 Å². The first kappa shape index (κ1) is 16.7. The number of rotatable bonds is 6. The summed E-state index contributed by atoms with van der Waals surface area (Å²) in [7, 11) is 0. The van der Waals surface area contributed by atoms with Gasteiger partial charge in [-0.3, -0.25) is 0 Å². The van der Waals surface area contributed by atoms with Gasteiger partial charge in [0.15, 0.2) is 0 Å². The van der Waals surface area contributed by atoms with Crippen molar-refractivity contribution in [3.05, 3.63) is 56.7 Å². The number of aryl methyl sites for hydroxylation is 1. The number of halogens is 1. The molecule has 1 aromatic carbocycles. The molecular formula is C18H24BrNS. The van der Waals surface area contributed by atoms with E-state index in [4.69, 9.17) is 0 Å². The van der Waals surface area contributed by atoms with Gasteiger partial charge in [0.25, 0.3) is 0 Å². The summed E-state index contributed by atoms with van der Waals surface area (Å²) in [5.41, 5.74) is 1.57. The summed E-state index contributed by atoms with van der Waals surface area (Å²) in [5.74, 6) is 0.545. The summed E-state index contributed by atoms with van der Waals surface area (Å²) in [6.45, 7) is 7.70. The van der Waals surface area contributed by atoms with Crippen molar-refractivity contribution in [1.29, 1.82) is 0 Å². The molecule has 1 atom stereocenters. The normalized spacial score (nSPS) is 13.3. The van der Waals surface area contributed by atoms with Crippen LogP contribution in [0, 0.1) is 0 Å². The predicted molar refractivity (Wildman–Crippen MR) is 97.3 cm³/mol. The van der Waals surface area contributed by atoms with E-state index in [9.17, 15) is 0 Å². The molecule has 2 aromatic rings. The summed E-state index contributed by atoms with van der Waals surface area (Å²) >= 11 is 5.45. The zero-order valence-electron chi connectivity index (χ0n) is 13.0. The summed E-state index contributed by atoms with van der Waals surface area (Å²) in [4.78, 5) is 1.48. The second-order valence-electron chi connectivity index (χ2n) is 6.50. The summed E-state index contributed by atoms with van der Waals surface area (Å²) < 4.78 is 1.16. The van der Waals surface area contributed by atoms with Crippen molar-refractivity contribution >= 4 is 27.3 Å². The average molecular weight is 366 g/mol. The average Bonchev–Trinajstić information content (AvgIpc) is 2.90. The van der Waals surface area contributed by atoms with Crippen LogP contribution in [-0.4, -0.2) is 12.1 Å². The third kappa shape index (κ3) is 5.93. The first-order valence-corrected chi connectivity index (χ1v) is 9.14. The second-order valence-corrected chi connectivity index (χ2v) is 8.45. The maximum absolute atomic E-state index is 3.66. The van der Waals surface area contributed by atoms with Gasteiger partial charge in [0.1, 0.15) is 0 Å². The smallest absolute Gasteiger partial charge is 0.0178 e. The van der Waals surface area contributed by atoms with E-state index in [1.54, 1.807) is 0 Å². The van der Waals surface area contributed by atoms with E-state index in [2.05, 4.69) is 83.8 Å². The SMILES string of the molecule is CC(C)(C)NCC(CCc1cccs1)c1cccc(Br)c1. The van der Waals surface area contributed by atoms with Gasteiger partial charge in [-0.05, 0) is 68.7 Å². The molecular weight excluding hydrogens is 342 g/mol. The zero-order valence-corrected chi connectivity index (χ0v) is 15.4. The molecule has 0 aliphatic rings. The van der Waals surface area contributed by atoms with Crippen molar-refractivity contribution in [2.24, 2.45) is 0 Å². The Kier molecular flexibility index (Phi) is 6.03. The summed E-state index contributed by atoms with van der Waals surface area (Å²) in [5, 5.41) is 5.82. The van der Waals surface area contributed by atoms with Crippen LogP contribution in [0.1, 0.15) is 43.6 Å². The maximum atomic E-state index is 3.66. The molecule has 114 valence electrons. The van der Waals surface area contributed by atoms with Crippen LogP contribution < -0.4 is 5.32 Å². The number of nitrogens with one attached hydrogen (secondary N) is 1.